The maximum absolute atomic E-state index is 13.6. The molecule has 3 N–H and O–H groups in total. The molecule has 0 spiro atoms. The summed E-state index contributed by atoms with van der Waals surface area (Å²) < 4.78 is 13.6. The van der Waals surface area contributed by atoms with Gasteiger partial charge in [-0.1, -0.05) is 42.5 Å². The second-order valence-electron chi connectivity index (χ2n) is 6.14. The molecule has 3 rings (SSSR count). The van der Waals surface area contributed by atoms with E-state index >= 15 is 0 Å². The van der Waals surface area contributed by atoms with Crippen molar-refractivity contribution < 1.29 is 19.1 Å². The Kier molecular flexibility index (Phi) is 5.64. The molecule has 6 nitrogen and oxygen atoms in total. The fourth-order valence-corrected chi connectivity index (χ4v) is 2.60. The number of carbonyl (C=O) groups is 2. The summed E-state index contributed by atoms with van der Waals surface area (Å²) in [6.45, 7) is 1.39. The number of hydrazone groups is 1. The molecule has 1 unspecified atom stereocenters. The summed E-state index contributed by atoms with van der Waals surface area (Å²) in [6, 6.07) is 16.4. The van der Waals surface area contributed by atoms with Gasteiger partial charge in [-0.05, 0) is 35.9 Å². The Morgan fingerprint density at radius 2 is 1.75 bits per heavy atom. The van der Waals surface area contributed by atoms with Gasteiger partial charge in [0.25, 0.3) is 5.91 Å². The summed E-state index contributed by atoms with van der Waals surface area (Å²) in [5, 5.41) is 17.9. The van der Waals surface area contributed by atoms with Gasteiger partial charge in [0.15, 0.2) is 0 Å². The third-order valence-electron chi connectivity index (χ3n) is 4.23. The fraction of sp³-hybridized carbons (Fsp3) is 0.0952. The van der Waals surface area contributed by atoms with Crippen LogP contribution in [0.15, 0.2) is 65.8 Å². The molecule has 142 valence electrons. The van der Waals surface area contributed by atoms with Crippen molar-refractivity contribution in [2.75, 3.05) is 5.32 Å². The van der Waals surface area contributed by atoms with E-state index in [-0.39, 0.29) is 11.4 Å². The van der Waals surface area contributed by atoms with Crippen LogP contribution in [0.5, 0.6) is 5.75 Å². The topological polar surface area (TPSA) is 90.8 Å². The van der Waals surface area contributed by atoms with Crippen LogP contribution in [0.2, 0.25) is 0 Å². The van der Waals surface area contributed by atoms with Crippen molar-refractivity contribution >= 4 is 34.5 Å². The number of nitrogens with zero attached hydrogens (tertiary/aromatic N) is 1. The lowest BCUT2D eigenvalue weighted by Gasteiger charge is -2.11. The second-order valence-corrected chi connectivity index (χ2v) is 6.14. The van der Waals surface area contributed by atoms with Gasteiger partial charge in [-0.25, -0.2) is 9.82 Å². The van der Waals surface area contributed by atoms with Gasteiger partial charge >= 0.3 is 0 Å². The van der Waals surface area contributed by atoms with Crippen LogP contribution >= 0.6 is 0 Å². The molecule has 0 heterocycles. The fourth-order valence-electron chi connectivity index (χ4n) is 2.60. The maximum atomic E-state index is 13.6. The lowest BCUT2D eigenvalue weighted by Crippen LogP contribution is -2.34. The predicted molar refractivity (Wildman–Crippen MR) is 106 cm³/mol. The van der Waals surface area contributed by atoms with Crippen molar-refractivity contribution in [3.8, 4) is 5.75 Å². The molecule has 0 fully saturated rings. The van der Waals surface area contributed by atoms with Crippen LogP contribution < -0.4 is 10.7 Å². The number of halogens is 1. The van der Waals surface area contributed by atoms with E-state index in [4.69, 9.17) is 0 Å². The summed E-state index contributed by atoms with van der Waals surface area (Å²) >= 11 is 0. The molecule has 28 heavy (non-hydrogen) atoms. The minimum absolute atomic E-state index is 0.00340. The van der Waals surface area contributed by atoms with Crippen LogP contribution in [-0.4, -0.2) is 23.1 Å². The van der Waals surface area contributed by atoms with Gasteiger partial charge in [-0.3, -0.25) is 9.59 Å². The normalized spacial score (nSPS) is 12.1. The number of carbonyl (C=O) groups excluding carboxylic acids is 2. The highest BCUT2D eigenvalue weighted by Gasteiger charge is 2.22. The summed E-state index contributed by atoms with van der Waals surface area (Å²) in [5.74, 6) is -3.00. The zero-order valence-electron chi connectivity index (χ0n) is 15.0. The third-order valence-corrected chi connectivity index (χ3v) is 4.23. The first kappa shape index (κ1) is 19.0. The van der Waals surface area contributed by atoms with Gasteiger partial charge in [-0.15, -0.1) is 0 Å². The number of hydrogen-bond donors (Lipinski definition) is 3. The number of hydrogen-bond acceptors (Lipinski definition) is 4. The van der Waals surface area contributed by atoms with Crippen molar-refractivity contribution in [3.05, 3.63) is 72.0 Å². The number of phenolic OH excluding ortho intramolecular Hbond substituents is 1. The molecular formula is C21H18FN3O3. The third kappa shape index (κ3) is 4.15. The van der Waals surface area contributed by atoms with E-state index in [0.717, 1.165) is 10.8 Å². The van der Waals surface area contributed by atoms with Gasteiger partial charge < -0.3 is 10.4 Å². The molecule has 0 bridgehead atoms. The number of rotatable bonds is 5. The second kappa shape index (κ2) is 8.30. The molecule has 0 aliphatic carbocycles. The predicted octanol–water partition coefficient (Wildman–Crippen LogP) is 3.41. The van der Waals surface area contributed by atoms with Crippen molar-refractivity contribution in [3.63, 3.8) is 0 Å². The van der Waals surface area contributed by atoms with E-state index in [1.165, 1.54) is 37.4 Å². The maximum Gasteiger partial charge on any atom is 0.252 e. The van der Waals surface area contributed by atoms with Crippen LogP contribution in [0.25, 0.3) is 10.8 Å². The Morgan fingerprint density at radius 1 is 1.04 bits per heavy atom. The zero-order chi connectivity index (χ0) is 20.1. The molecule has 0 saturated carbocycles. The van der Waals surface area contributed by atoms with E-state index < -0.39 is 23.5 Å². The molecule has 1 atom stereocenters. The van der Waals surface area contributed by atoms with E-state index in [2.05, 4.69) is 15.8 Å². The molecule has 3 aromatic carbocycles. The van der Waals surface area contributed by atoms with Gasteiger partial charge in [0, 0.05) is 5.56 Å². The molecular weight excluding hydrogens is 361 g/mol. The number of aromatic hydroxyl groups is 1. The highest BCUT2D eigenvalue weighted by molar-refractivity contribution is 6.07. The number of nitrogens with one attached hydrogen (secondary N) is 2. The summed E-state index contributed by atoms with van der Waals surface area (Å²) in [6.07, 6.45) is 1.32. The lowest BCUT2D eigenvalue weighted by atomic mass is 10.0. The molecule has 7 heteroatoms. The minimum Gasteiger partial charge on any atom is -0.507 e. The number of phenols is 1. The van der Waals surface area contributed by atoms with Crippen LogP contribution in [0.1, 0.15) is 12.5 Å². The van der Waals surface area contributed by atoms with Crippen LogP contribution in [0.3, 0.4) is 0 Å². The molecule has 0 aliphatic rings. The van der Waals surface area contributed by atoms with Crippen LogP contribution in [0, 0.1) is 11.7 Å². The highest BCUT2D eigenvalue weighted by atomic mass is 19.1. The van der Waals surface area contributed by atoms with Crippen LogP contribution in [0.4, 0.5) is 10.1 Å². The summed E-state index contributed by atoms with van der Waals surface area (Å²) in [5.41, 5.74) is 2.71. The highest BCUT2D eigenvalue weighted by Crippen LogP contribution is 2.25. The number of fused-ring (bicyclic) bond motifs is 1. The first-order chi connectivity index (χ1) is 13.5. The average Bonchev–Trinajstić information content (AvgIpc) is 2.70. The summed E-state index contributed by atoms with van der Waals surface area (Å²) in [7, 11) is 0. The van der Waals surface area contributed by atoms with Gasteiger partial charge in [0.1, 0.15) is 17.5 Å². The van der Waals surface area contributed by atoms with E-state index in [1.54, 1.807) is 12.1 Å². The van der Waals surface area contributed by atoms with Gasteiger partial charge in [0.2, 0.25) is 5.91 Å². The quantitative estimate of drug-likeness (QED) is 0.360. The lowest BCUT2D eigenvalue weighted by molar-refractivity contribution is -0.131. The standard InChI is InChI=1S/C21H18FN3O3/c1-13(20(27)24-18-9-5-4-8-17(18)22)21(28)25-23-12-16-15-7-3-2-6-14(15)10-11-19(16)26/h2-13,26H,1H3,(H,24,27)(H,25,28)/b23-12+. The monoisotopic (exact) mass is 379 g/mol. The molecule has 0 aromatic heterocycles. The van der Waals surface area contributed by atoms with E-state index in [0.29, 0.717) is 5.56 Å². The molecule has 0 aliphatic heterocycles. The van der Waals surface area contributed by atoms with Crippen molar-refractivity contribution in [2.45, 2.75) is 6.92 Å². The Morgan fingerprint density at radius 3 is 2.54 bits per heavy atom. The zero-order valence-corrected chi connectivity index (χ0v) is 15.0. The molecule has 3 aromatic rings. The Bertz CT molecular complexity index is 1070. The molecule has 2 amide bonds. The number of amides is 2. The minimum atomic E-state index is -1.10. The number of para-hydroxylation sites is 1. The Balaban J connectivity index is 1.67. The van der Waals surface area contributed by atoms with E-state index in [1.807, 2.05) is 24.3 Å². The molecule has 0 radical (unpaired) electrons. The van der Waals surface area contributed by atoms with Crippen molar-refractivity contribution in [1.82, 2.24) is 5.43 Å². The SMILES string of the molecule is CC(C(=O)N/N=C/c1c(O)ccc2ccccc12)C(=O)Nc1ccccc1F. The Labute approximate surface area is 160 Å². The summed E-state index contributed by atoms with van der Waals surface area (Å²) in [4.78, 5) is 24.3. The largest absolute Gasteiger partial charge is 0.507 e. The van der Waals surface area contributed by atoms with Crippen molar-refractivity contribution in [2.24, 2.45) is 11.0 Å². The van der Waals surface area contributed by atoms with Crippen LogP contribution in [-0.2, 0) is 9.59 Å². The smallest absolute Gasteiger partial charge is 0.252 e. The average molecular weight is 379 g/mol. The van der Waals surface area contributed by atoms with E-state index in [9.17, 15) is 19.1 Å². The first-order valence-corrected chi connectivity index (χ1v) is 8.56. The van der Waals surface area contributed by atoms with Crippen molar-refractivity contribution in [1.29, 1.82) is 0 Å². The Hall–Kier alpha value is -3.74. The van der Waals surface area contributed by atoms with Gasteiger partial charge in [-0.2, -0.15) is 5.10 Å². The number of anilines is 1. The van der Waals surface area contributed by atoms with Gasteiger partial charge in [0.05, 0.1) is 11.9 Å². The number of benzene rings is 3. The molecule has 0 saturated heterocycles. The first-order valence-electron chi connectivity index (χ1n) is 8.56.